The third kappa shape index (κ3) is 3.31. The molecule has 0 saturated heterocycles. The normalized spacial score (nSPS) is 46.0. The molecule has 0 spiro atoms. The predicted molar refractivity (Wildman–Crippen MR) is 130 cm³/mol. The molecule has 4 aliphatic carbocycles. The first kappa shape index (κ1) is 22.7. The first-order valence-electron chi connectivity index (χ1n) is 13.3. The van der Waals surface area contributed by atoms with Gasteiger partial charge < -0.3 is 10.2 Å². The number of pyridine rings is 1. The van der Waals surface area contributed by atoms with Crippen LogP contribution in [0.4, 0.5) is 0 Å². The number of nitrogens with zero attached hydrogens (tertiary/aromatic N) is 3. The molecule has 6 nitrogen and oxygen atoms in total. The van der Waals surface area contributed by atoms with Gasteiger partial charge in [-0.25, -0.2) is 0 Å². The van der Waals surface area contributed by atoms with E-state index in [9.17, 15) is 15.0 Å². The Morgan fingerprint density at radius 3 is 2.71 bits per heavy atom. The van der Waals surface area contributed by atoms with Crippen LogP contribution in [0.1, 0.15) is 72.1 Å². The number of carbonyl (C=O) groups is 1. The summed E-state index contributed by atoms with van der Waals surface area (Å²) in [5.41, 5.74) is 0.374. The fraction of sp³-hybridized carbons (Fsp3) is 0.750. The molecule has 0 bridgehead atoms. The number of aliphatic hydroxyl groups is 2. The van der Waals surface area contributed by atoms with Crippen LogP contribution in [0, 0.1) is 40.4 Å². The van der Waals surface area contributed by atoms with Gasteiger partial charge in [0.1, 0.15) is 5.52 Å². The average Bonchev–Trinajstić information content (AvgIpc) is 3.34. The summed E-state index contributed by atoms with van der Waals surface area (Å²) in [4.78, 5) is 17.7. The van der Waals surface area contributed by atoms with Crippen LogP contribution in [-0.2, 0) is 11.3 Å². The number of aromatic nitrogens is 3. The number of rotatable bonds is 3. The van der Waals surface area contributed by atoms with E-state index in [2.05, 4.69) is 23.9 Å². The lowest BCUT2D eigenvalue weighted by Crippen LogP contribution is -2.59. The van der Waals surface area contributed by atoms with Gasteiger partial charge in [-0.2, -0.15) is 5.10 Å². The van der Waals surface area contributed by atoms with E-state index in [4.69, 9.17) is 0 Å². The minimum Gasteiger partial charge on any atom is -0.393 e. The van der Waals surface area contributed by atoms with Crippen molar-refractivity contribution in [3.8, 4) is 0 Å². The molecule has 2 aromatic rings. The van der Waals surface area contributed by atoms with Crippen LogP contribution in [0.2, 0.25) is 0 Å². The van der Waals surface area contributed by atoms with Crippen molar-refractivity contribution >= 4 is 16.7 Å². The van der Waals surface area contributed by atoms with Crippen molar-refractivity contribution in [1.82, 2.24) is 14.8 Å². The summed E-state index contributed by atoms with van der Waals surface area (Å²) in [6.45, 7) is 7.05. The van der Waals surface area contributed by atoms with Crippen LogP contribution in [0.3, 0.4) is 0 Å². The Morgan fingerprint density at radius 1 is 1.12 bits per heavy atom. The topological polar surface area (TPSA) is 88.2 Å². The summed E-state index contributed by atoms with van der Waals surface area (Å²) in [6, 6.07) is 1.93. The van der Waals surface area contributed by atoms with Crippen LogP contribution >= 0.6 is 0 Å². The molecule has 0 unspecified atom stereocenters. The number of Topliss-reactive ketones (excluding diaryl/α,β-unsaturated/α-hetero) is 1. The summed E-state index contributed by atoms with van der Waals surface area (Å²) >= 11 is 0. The lowest BCUT2D eigenvalue weighted by atomic mass is 9.43. The minimum atomic E-state index is -0.599. The molecule has 4 fully saturated rings. The highest BCUT2D eigenvalue weighted by atomic mass is 16.3. The summed E-state index contributed by atoms with van der Waals surface area (Å²) in [5.74, 6) is 1.88. The Labute approximate surface area is 202 Å². The number of carbonyl (C=O) groups excluding carboxylic acids is 1. The van der Waals surface area contributed by atoms with Gasteiger partial charge in [-0.05, 0) is 98.9 Å². The summed E-state index contributed by atoms with van der Waals surface area (Å²) < 4.78 is 1.78. The molecule has 6 rings (SSSR count). The number of hydrogen-bond acceptors (Lipinski definition) is 5. The van der Waals surface area contributed by atoms with Crippen LogP contribution in [0.25, 0.3) is 10.9 Å². The van der Waals surface area contributed by atoms with Crippen molar-refractivity contribution in [1.29, 1.82) is 0 Å². The molecule has 2 heterocycles. The van der Waals surface area contributed by atoms with E-state index in [1.165, 1.54) is 0 Å². The third-order valence-electron chi connectivity index (χ3n) is 11.0. The average molecular weight is 466 g/mol. The second kappa shape index (κ2) is 7.60. The molecule has 0 aromatic carbocycles. The second-order valence-electron chi connectivity index (χ2n) is 12.9. The van der Waals surface area contributed by atoms with Gasteiger partial charge in [0, 0.05) is 23.7 Å². The fourth-order valence-corrected chi connectivity index (χ4v) is 9.20. The molecule has 2 N–H and O–H groups in total. The predicted octanol–water partition coefficient (Wildman–Crippen LogP) is 4.38. The van der Waals surface area contributed by atoms with Gasteiger partial charge in [-0.3, -0.25) is 14.5 Å². The highest BCUT2D eigenvalue weighted by Crippen LogP contribution is 2.68. The molecule has 6 heteroatoms. The van der Waals surface area contributed by atoms with Gasteiger partial charge in [-0.1, -0.05) is 13.8 Å². The van der Waals surface area contributed by atoms with E-state index < -0.39 is 5.60 Å². The maximum Gasteiger partial charge on any atom is 0.157 e. The zero-order chi connectivity index (χ0) is 23.9. The standard InChI is InChI=1S/C28H39N3O3/c1-26(34)9-10-27(2)18(13-26)12-23(32)25-20-5-4-19(28(20,3)8-6-21(25)27)24(33)16-31-15-17-7-11-29-14-22(17)30-31/h7,11,14-15,18-21,23,25,32,34H,4-6,8-10,12-13,16H2,1-3H3/t18-,19+,20-,21-,23+,25-,26+,27-,28+/m0/s1. The Bertz CT molecular complexity index is 1080. The van der Waals surface area contributed by atoms with Gasteiger partial charge in [0.2, 0.25) is 0 Å². The maximum atomic E-state index is 13.6. The van der Waals surface area contributed by atoms with Crippen LogP contribution < -0.4 is 0 Å². The lowest BCUT2D eigenvalue weighted by molar-refractivity contribution is -0.185. The first-order valence-corrected chi connectivity index (χ1v) is 13.3. The smallest absolute Gasteiger partial charge is 0.157 e. The number of hydrogen-bond donors (Lipinski definition) is 2. The first-order chi connectivity index (χ1) is 16.1. The number of ketones is 1. The van der Waals surface area contributed by atoms with E-state index in [0.29, 0.717) is 24.3 Å². The van der Waals surface area contributed by atoms with E-state index in [0.717, 1.165) is 62.3 Å². The van der Waals surface area contributed by atoms with E-state index in [1.807, 2.05) is 19.2 Å². The van der Waals surface area contributed by atoms with E-state index >= 15 is 0 Å². The van der Waals surface area contributed by atoms with Crippen LogP contribution in [-0.4, -0.2) is 42.5 Å². The zero-order valence-electron chi connectivity index (χ0n) is 20.8. The maximum absolute atomic E-state index is 13.6. The van der Waals surface area contributed by atoms with Crippen molar-refractivity contribution in [3.63, 3.8) is 0 Å². The monoisotopic (exact) mass is 465 g/mol. The highest BCUT2D eigenvalue weighted by molar-refractivity contribution is 5.83. The molecule has 4 aliphatic rings. The Kier molecular flexibility index (Phi) is 5.07. The largest absolute Gasteiger partial charge is 0.393 e. The molecule has 4 saturated carbocycles. The minimum absolute atomic E-state index is 0.0358. The molecular formula is C28H39N3O3. The third-order valence-corrected chi connectivity index (χ3v) is 11.0. The molecule has 34 heavy (non-hydrogen) atoms. The zero-order valence-corrected chi connectivity index (χ0v) is 20.8. The van der Waals surface area contributed by atoms with Crippen molar-refractivity contribution < 1.29 is 15.0 Å². The molecule has 184 valence electrons. The van der Waals surface area contributed by atoms with Crippen molar-refractivity contribution in [2.45, 2.75) is 90.4 Å². The van der Waals surface area contributed by atoms with Gasteiger partial charge in [0.25, 0.3) is 0 Å². The second-order valence-corrected chi connectivity index (χ2v) is 12.9. The Morgan fingerprint density at radius 2 is 1.91 bits per heavy atom. The number of fused-ring (bicyclic) bond motifs is 6. The van der Waals surface area contributed by atoms with Gasteiger partial charge >= 0.3 is 0 Å². The van der Waals surface area contributed by atoms with E-state index in [-0.39, 0.29) is 34.6 Å². The quantitative estimate of drug-likeness (QED) is 0.702. The summed E-state index contributed by atoms with van der Waals surface area (Å²) in [7, 11) is 0. The van der Waals surface area contributed by atoms with Gasteiger partial charge in [0.05, 0.1) is 24.4 Å². The van der Waals surface area contributed by atoms with Crippen molar-refractivity contribution in [3.05, 3.63) is 24.7 Å². The lowest BCUT2D eigenvalue weighted by Gasteiger charge is -2.63. The summed E-state index contributed by atoms with van der Waals surface area (Å²) in [5, 5.41) is 27.8. The van der Waals surface area contributed by atoms with Crippen LogP contribution in [0.15, 0.2) is 24.7 Å². The Balaban J connectivity index is 1.23. The highest BCUT2D eigenvalue weighted by Gasteiger charge is 2.63. The fourth-order valence-electron chi connectivity index (χ4n) is 9.20. The number of aliphatic hydroxyl groups excluding tert-OH is 1. The molecule has 2 aromatic heterocycles. The summed E-state index contributed by atoms with van der Waals surface area (Å²) in [6.07, 6.45) is 12.7. The molecular weight excluding hydrogens is 426 g/mol. The van der Waals surface area contributed by atoms with Gasteiger partial charge in [0.15, 0.2) is 5.78 Å². The van der Waals surface area contributed by atoms with Crippen molar-refractivity contribution in [2.75, 3.05) is 0 Å². The van der Waals surface area contributed by atoms with Gasteiger partial charge in [-0.15, -0.1) is 0 Å². The van der Waals surface area contributed by atoms with Crippen LogP contribution in [0.5, 0.6) is 0 Å². The molecule has 0 amide bonds. The van der Waals surface area contributed by atoms with E-state index in [1.54, 1.807) is 17.1 Å². The molecule has 0 aliphatic heterocycles. The van der Waals surface area contributed by atoms with Crippen molar-refractivity contribution in [2.24, 2.45) is 40.4 Å². The molecule has 9 atom stereocenters. The Hall–Kier alpha value is -1.79. The molecule has 0 radical (unpaired) electrons. The SMILES string of the molecule is C[C@@]1(O)CC[C@@]2(C)[C@@H](C[C@@H](O)[C@@H]3[C@@H]2CC[C@]2(C)[C@@H](C(=O)Cn4cc5ccncc5n4)CC[C@@H]32)C1.